The minimum absolute atomic E-state index is 0.0280. The summed E-state index contributed by atoms with van der Waals surface area (Å²) in [5, 5.41) is 13.1. The first-order valence-electron chi connectivity index (χ1n) is 8.65. The van der Waals surface area contributed by atoms with Crippen LogP contribution < -0.4 is 9.64 Å². The summed E-state index contributed by atoms with van der Waals surface area (Å²) in [6.07, 6.45) is -9.90. The number of furan rings is 1. The quantitative estimate of drug-likeness (QED) is 0.326. The zero-order valence-corrected chi connectivity index (χ0v) is 15.5. The zero-order valence-electron chi connectivity index (χ0n) is 15.5. The van der Waals surface area contributed by atoms with Gasteiger partial charge in [0.15, 0.2) is 17.2 Å². The van der Waals surface area contributed by atoms with Gasteiger partial charge in [0.05, 0.1) is 6.54 Å². The van der Waals surface area contributed by atoms with Crippen molar-refractivity contribution in [3.8, 4) is 17.3 Å². The van der Waals surface area contributed by atoms with Gasteiger partial charge in [-0.1, -0.05) is 0 Å². The van der Waals surface area contributed by atoms with E-state index in [1.807, 2.05) is 0 Å². The molecule has 0 aliphatic heterocycles. The molecule has 7 nitrogen and oxygen atoms in total. The first kappa shape index (κ1) is 21.4. The van der Waals surface area contributed by atoms with E-state index in [4.69, 9.17) is 4.42 Å². The van der Waals surface area contributed by atoms with Gasteiger partial charge in [0, 0.05) is 11.1 Å². The van der Waals surface area contributed by atoms with Crippen molar-refractivity contribution >= 4 is 16.7 Å². The number of tetrazole rings is 1. The fraction of sp³-hybridized carbons (Fsp3) is 0.167. The number of hydrogen-bond acceptors (Lipinski definition) is 6. The van der Waals surface area contributed by atoms with Crippen LogP contribution in [0.2, 0.25) is 0 Å². The average molecular weight is 461 g/mol. The summed E-state index contributed by atoms with van der Waals surface area (Å²) in [4.78, 5) is -0.0504. The van der Waals surface area contributed by atoms with Crippen LogP contribution >= 0.6 is 0 Å². The van der Waals surface area contributed by atoms with Crippen molar-refractivity contribution in [2.24, 2.45) is 0 Å². The SMILES string of the molecule is Fc1cc(CN(c2ccc(OC(F)(F)F)cc2)C(F)(F)F)cc2cc(-c3nn[nH]n3)oc12. The van der Waals surface area contributed by atoms with Gasteiger partial charge in [0.1, 0.15) is 5.75 Å². The Kier molecular flexibility index (Phi) is 5.14. The lowest BCUT2D eigenvalue weighted by Gasteiger charge is -2.27. The van der Waals surface area contributed by atoms with Gasteiger partial charge < -0.3 is 9.15 Å². The maximum Gasteiger partial charge on any atom is 0.573 e. The van der Waals surface area contributed by atoms with Crippen molar-refractivity contribution in [2.45, 2.75) is 19.2 Å². The Labute approximate surface area is 173 Å². The summed E-state index contributed by atoms with van der Waals surface area (Å²) in [5.74, 6) is -1.51. The van der Waals surface area contributed by atoms with E-state index in [1.54, 1.807) is 0 Å². The highest BCUT2D eigenvalue weighted by Crippen LogP contribution is 2.34. The van der Waals surface area contributed by atoms with Crippen molar-refractivity contribution in [1.29, 1.82) is 0 Å². The summed E-state index contributed by atoms with van der Waals surface area (Å²) in [5.41, 5.74) is -0.739. The lowest BCUT2D eigenvalue weighted by Crippen LogP contribution is -2.37. The summed E-state index contributed by atoms with van der Waals surface area (Å²) in [7, 11) is 0. The van der Waals surface area contributed by atoms with E-state index >= 15 is 0 Å². The fourth-order valence-corrected chi connectivity index (χ4v) is 2.97. The molecule has 4 aromatic rings. The van der Waals surface area contributed by atoms with Crippen LogP contribution in [0.15, 0.2) is 46.9 Å². The molecule has 0 unspecified atom stereocenters. The highest BCUT2D eigenvalue weighted by Gasteiger charge is 2.38. The van der Waals surface area contributed by atoms with Crippen LogP contribution in [-0.2, 0) is 6.54 Å². The monoisotopic (exact) mass is 461 g/mol. The van der Waals surface area contributed by atoms with Crippen LogP contribution in [0.5, 0.6) is 5.75 Å². The molecule has 32 heavy (non-hydrogen) atoms. The molecule has 0 spiro atoms. The molecule has 0 saturated heterocycles. The molecule has 14 heteroatoms. The molecule has 2 aromatic heterocycles. The number of anilines is 1. The van der Waals surface area contributed by atoms with Crippen molar-refractivity contribution in [2.75, 3.05) is 4.90 Å². The number of nitrogens with one attached hydrogen (secondary N) is 1. The van der Waals surface area contributed by atoms with Gasteiger partial charge in [-0.05, 0) is 53.2 Å². The van der Waals surface area contributed by atoms with Gasteiger partial charge in [-0.3, -0.25) is 4.90 Å². The first-order chi connectivity index (χ1) is 15.0. The average Bonchev–Trinajstić information content (AvgIpc) is 3.34. The Morgan fingerprint density at radius 1 is 1.00 bits per heavy atom. The lowest BCUT2D eigenvalue weighted by molar-refractivity contribution is -0.274. The van der Waals surface area contributed by atoms with E-state index in [0.717, 1.165) is 30.3 Å². The van der Waals surface area contributed by atoms with E-state index < -0.39 is 36.5 Å². The van der Waals surface area contributed by atoms with Crippen LogP contribution in [0.1, 0.15) is 5.56 Å². The molecular formula is C18H10F7N5O2. The number of halogens is 7. The molecular weight excluding hydrogens is 451 g/mol. The van der Waals surface area contributed by atoms with Crippen LogP contribution in [0.3, 0.4) is 0 Å². The van der Waals surface area contributed by atoms with Crippen molar-refractivity contribution in [1.82, 2.24) is 20.6 Å². The number of aromatic amines is 1. The molecule has 0 saturated carbocycles. The van der Waals surface area contributed by atoms with E-state index in [0.29, 0.717) is 0 Å². The maximum atomic E-state index is 14.5. The molecule has 0 aliphatic rings. The van der Waals surface area contributed by atoms with Crippen LogP contribution in [0, 0.1) is 5.82 Å². The molecule has 2 aromatic carbocycles. The van der Waals surface area contributed by atoms with Gasteiger partial charge in [0.2, 0.25) is 5.82 Å². The van der Waals surface area contributed by atoms with Gasteiger partial charge >= 0.3 is 12.7 Å². The lowest BCUT2D eigenvalue weighted by atomic mass is 10.1. The number of aromatic nitrogens is 4. The number of fused-ring (bicyclic) bond motifs is 1. The summed E-state index contributed by atoms with van der Waals surface area (Å²) >= 11 is 0. The third kappa shape index (κ3) is 4.58. The third-order valence-corrected chi connectivity index (χ3v) is 4.23. The summed E-state index contributed by atoms with van der Waals surface area (Å²) in [6.45, 7) is -0.821. The van der Waals surface area contributed by atoms with Gasteiger partial charge in [-0.25, -0.2) is 4.39 Å². The molecule has 0 atom stereocenters. The van der Waals surface area contributed by atoms with Crippen LogP contribution in [-0.4, -0.2) is 33.3 Å². The Morgan fingerprint density at radius 2 is 1.72 bits per heavy atom. The number of rotatable bonds is 5. The Balaban J connectivity index is 1.64. The number of H-pyrrole nitrogens is 1. The molecule has 0 radical (unpaired) electrons. The molecule has 2 heterocycles. The van der Waals surface area contributed by atoms with E-state index in [9.17, 15) is 30.7 Å². The maximum absolute atomic E-state index is 14.5. The van der Waals surface area contributed by atoms with Crippen molar-refractivity contribution in [3.63, 3.8) is 0 Å². The second kappa shape index (κ2) is 7.69. The van der Waals surface area contributed by atoms with Gasteiger partial charge in [-0.15, -0.1) is 23.4 Å². The molecule has 1 N–H and O–H groups in total. The number of nitrogens with zero attached hydrogens (tertiary/aromatic N) is 4. The predicted octanol–water partition coefficient (Wildman–Crippen LogP) is 5.18. The van der Waals surface area contributed by atoms with Crippen molar-refractivity contribution < 1.29 is 39.9 Å². The topological polar surface area (TPSA) is 80.1 Å². The standard InChI is InChI=1S/C18H10F7N5O2/c19-13-6-9(5-10-7-14(31-15(10)13)16-26-28-29-27-16)8-30(17(20,21)22)11-1-3-12(4-2-11)32-18(23,24)25/h1-7H,8H2,(H,26,27,28,29). The Hall–Kier alpha value is -3.84. The third-order valence-electron chi connectivity index (χ3n) is 4.23. The number of hydrogen-bond donors (Lipinski definition) is 1. The fourth-order valence-electron chi connectivity index (χ4n) is 2.97. The number of alkyl halides is 6. The zero-order chi connectivity index (χ0) is 23.1. The Bertz CT molecular complexity index is 1220. The Morgan fingerprint density at radius 3 is 2.31 bits per heavy atom. The summed E-state index contributed by atoms with van der Waals surface area (Å²) in [6, 6.07) is 6.62. The first-order valence-corrected chi connectivity index (χ1v) is 8.65. The molecule has 4 rings (SSSR count). The van der Waals surface area contributed by atoms with E-state index in [-0.39, 0.29) is 33.0 Å². The van der Waals surface area contributed by atoms with E-state index in [2.05, 4.69) is 25.4 Å². The van der Waals surface area contributed by atoms with Gasteiger partial charge in [-0.2, -0.15) is 18.4 Å². The minimum atomic E-state index is -4.98. The highest BCUT2D eigenvalue weighted by molar-refractivity contribution is 5.83. The largest absolute Gasteiger partial charge is 0.573 e. The van der Waals surface area contributed by atoms with Crippen molar-refractivity contribution in [3.05, 3.63) is 53.8 Å². The normalized spacial score (nSPS) is 12.3. The second-order valence-electron chi connectivity index (χ2n) is 6.44. The minimum Gasteiger partial charge on any atom is -0.449 e. The molecule has 0 fully saturated rings. The smallest absolute Gasteiger partial charge is 0.449 e. The molecule has 0 aliphatic carbocycles. The molecule has 0 bridgehead atoms. The number of ether oxygens (including phenoxy) is 1. The number of benzene rings is 2. The summed E-state index contributed by atoms with van der Waals surface area (Å²) < 4.78 is 101. The van der Waals surface area contributed by atoms with Crippen LogP contribution in [0.25, 0.3) is 22.6 Å². The molecule has 168 valence electrons. The predicted molar refractivity (Wildman–Crippen MR) is 94.7 cm³/mol. The second-order valence-corrected chi connectivity index (χ2v) is 6.44. The van der Waals surface area contributed by atoms with Crippen LogP contribution in [0.4, 0.5) is 36.4 Å². The molecule has 0 amide bonds. The highest BCUT2D eigenvalue weighted by atomic mass is 19.4. The van der Waals surface area contributed by atoms with E-state index in [1.165, 1.54) is 12.1 Å². The van der Waals surface area contributed by atoms with Gasteiger partial charge in [0.25, 0.3) is 0 Å².